The zero-order valence-electron chi connectivity index (χ0n) is 17.6. The van der Waals surface area contributed by atoms with Crippen LogP contribution in [0.25, 0.3) is 0 Å². The number of hydrazone groups is 1. The maximum Gasteiger partial charge on any atom is 0.344 e. The summed E-state index contributed by atoms with van der Waals surface area (Å²) in [6.07, 6.45) is 1.46. The molecule has 0 atom stereocenters. The highest BCUT2D eigenvalue weighted by atomic mass is 16.6. The number of nitrogens with one attached hydrogen (secondary N) is 2. The van der Waals surface area contributed by atoms with Gasteiger partial charge in [0.2, 0.25) is 5.91 Å². The summed E-state index contributed by atoms with van der Waals surface area (Å²) in [7, 11) is 0. The third-order valence-corrected chi connectivity index (χ3v) is 3.77. The molecule has 2 aromatic carbocycles. The van der Waals surface area contributed by atoms with E-state index in [0.717, 1.165) is 0 Å². The van der Waals surface area contributed by atoms with E-state index >= 15 is 0 Å². The molecule has 2 aromatic rings. The minimum Gasteiger partial charge on any atom is -0.490 e. The van der Waals surface area contributed by atoms with Crippen LogP contribution in [-0.4, -0.2) is 43.8 Å². The minimum absolute atomic E-state index is 0.189. The van der Waals surface area contributed by atoms with Crippen molar-refractivity contribution < 1.29 is 28.6 Å². The zero-order valence-corrected chi connectivity index (χ0v) is 17.6. The van der Waals surface area contributed by atoms with Crippen molar-refractivity contribution in [2.45, 2.75) is 20.8 Å². The lowest BCUT2D eigenvalue weighted by atomic mass is 10.2. The Morgan fingerprint density at radius 2 is 1.71 bits per heavy atom. The van der Waals surface area contributed by atoms with Crippen molar-refractivity contribution in [3.63, 3.8) is 0 Å². The Balaban J connectivity index is 1.99. The molecule has 31 heavy (non-hydrogen) atoms. The summed E-state index contributed by atoms with van der Waals surface area (Å²) in [5.41, 5.74) is 4.09. The predicted octanol–water partition coefficient (Wildman–Crippen LogP) is 2.75. The molecule has 0 unspecified atom stereocenters. The minimum atomic E-state index is -0.469. The summed E-state index contributed by atoms with van der Waals surface area (Å²) >= 11 is 0. The molecule has 0 aromatic heterocycles. The fraction of sp³-hybridized carbons (Fsp3) is 0.273. The van der Waals surface area contributed by atoms with Gasteiger partial charge in [0.1, 0.15) is 0 Å². The second-order valence-corrected chi connectivity index (χ2v) is 6.19. The third-order valence-electron chi connectivity index (χ3n) is 3.77. The average Bonchev–Trinajstić information content (AvgIpc) is 2.73. The highest BCUT2D eigenvalue weighted by Gasteiger charge is 2.10. The molecular formula is C22H25N3O6. The summed E-state index contributed by atoms with van der Waals surface area (Å²) in [4.78, 5) is 34.7. The quantitative estimate of drug-likeness (QED) is 0.342. The van der Waals surface area contributed by atoms with E-state index in [4.69, 9.17) is 14.2 Å². The van der Waals surface area contributed by atoms with Gasteiger partial charge in [0.25, 0.3) is 5.91 Å². The molecule has 0 radical (unpaired) electrons. The van der Waals surface area contributed by atoms with Crippen molar-refractivity contribution in [1.29, 1.82) is 0 Å². The van der Waals surface area contributed by atoms with Crippen LogP contribution in [0.5, 0.6) is 11.5 Å². The molecule has 9 nitrogen and oxygen atoms in total. The van der Waals surface area contributed by atoms with Gasteiger partial charge in [0.05, 0.1) is 19.4 Å². The van der Waals surface area contributed by atoms with Gasteiger partial charge in [0.15, 0.2) is 18.1 Å². The van der Waals surface area contributed by atoms with Crippen molar-refractivity contribution in [1.82, 2.24) is 5.43 Å². The number of carbonyl (C=O) groups is 3. The summed E-state index contributed by atoms with van der Waals surface area (Å²) in [5.74, 6) is -0.218. The van der Waals surface area contributed by atoms with Crippen LogP contribution in [0.1, 0.15) is 36.7 Å². The van der Waals surface area contributed by atoms with Crippen molar-refractivity contribution in [3.8, 4) is 11.5 Å². The summed E-state index contributed by atoms with van der Waals surface area (Å²) in [5, 5.41) is 6.58. The van der Waals surface area contributed by atoms with Crippen LogP contribution >= 0.6 is 0 Å². The summed E-state index contributed by atoms with van der Waals surface area (Å²) in [6, 6.07) is 11.5. The average molecular weight is 427 g/mol. The summed E-state index contributed by atoms with van der Waals surface area (Å²) in [6.45, 7) is 5.41. The Morgan fingerprint density at radius 3 is 2.35 bits per heavy atom. The largest absolute Gasteiger partial charge is 0.490 e. The highest BCUT2D eigenvalue weighted by molar-refractivity contribution is 5.96. The standard InChI is InChI=1S/C22H25N3O6/c1-4-29-20-12-16(6-11-19(20)31-14-21(27)30-5-2)13-23-25-22(28)17-7-9-18(10-8-17)24-15(3)26/h6-13H,4-5,14H2,1-3H3,(H,24,26)(H,25,28)/b23-13-. The van der Waals surface area contributed by atoms with Crippen molar-refractivity contribution >= 4 is 29.7 Å². The molecule has 0 spiro atoms. The third kappa shape index (κ3) is 7.81. The van der Waals surface area contributed by atoms with Gasteiger partial charge in [-0.25, -0.2) is 10.2 Å². The first-order valence-electron chi connectivity index (χ1n) is 9.69. The fourth-order valence-electron chi connectivity index (χ4n) is 2.47. The first-order chi connectivity index (χ1) is 14.9. The molecule has 9 heteroatoms. The molecule has 0 saturated heterocycles. The van der Waals surface area contributed by atoms with Gasteiger partial charge in [-0.05, 0) is 61.9 Å². The Kier molecular flexibility index (Phi) is 9.03. The highest BCUT2D eigenvalue weighted by Crippen LogP contribution is 2.28. The number of ether oxygens (including phenoxy) is 3. The van der Waals surface area contributed by atoms with E-state index in [-0.39, 0.29) is 19.1 Å². The van der Waals surface area contributed by atoms with E-state index in [9.17, 15) is 14.4 Å². The summed E-state index contributed by atoms with van der Waals surface area (Å²) < 4.78 is 15.8. The van der Waals surface area contributed by atoms with Crippen LogP contribution in [0.2, 0.25) is 0 Å². The molecule has 2 rings (SSSR count). The number of anilines is 1. The molecule has 0 bridgehead atoms. The van der Waals surface area contributed by atoms with Gasteiger partial charge >= 0.3 is 5.97 Å². The van der Waals surface area contributed by atoms with Crippen LogP contribution in [0, 0.1) is 0 Å². The van der Waals surface area contributed by atoms with Crippen LogP contribution in [0.4, 0.5) is 5.69 Å². The Labute approximate surface area is 180 Å². The van der Waals surface area contributed by atoms with E-state index in [0.29, 0.717) is 34.9 Å². The monoisotopic (exact) mass is 427 g/mol. The van der Waals surface area contributed by atoms with Crippen LogP contribution in [-0.2, 0) is 14.3 Å². The number of hydrogen-bond donors (Lipinski definition) is 2. The van der Waals surface area contributed by atoms with Crippen LogP contribution in [0.3, 0.4) is 0 Å². The normalized spacial score (nSPS) is 10.4. The van der Waals surface area contributed by atoms with Gasteiger partial charge in [0, 0.05) is 18.2 Å². The molecule has 2 N–H and O–H groups in total. The number of nitrogens with zero attached hydrogens (tertiary/aromatic N) is 1. The Morgan fingerprint density at radius 1 is 0.968 bits per heavy atom. The number of carbonyl (C=O) groups excluding carboxylic acids is 3. The number of benzene rings is 2. The molecule has 0 aliphatic heterocycles. The fourth-order valence-corrected chi connectivity index (χ4v) is 2.47. The van der Waals surface area contributed by atoms with Crippen molar-refractivity contribution in [2.24, 2.45) is 5.10 Å². The maximum absolute atomic E-state index is 12.2. The molecule has 0 aliphatic carbocycles. The van der Waals surface area contributed by atoms with E-state index in [2.05, 4.69) is 15.8 Å². The van der Waals surface area contributed by atoms with Gasteiger partial charge in [-0.15, -0.1) is 0 Å². The van der Waals surface area contributed by atoms with Gasteiger partial charge in [-0.1, -0.05) is 0 Å². The molecule has 0 heterocycles. The molecular weight excluding hydrogens is 402 g/mol. The Hall–Kier alpha value is -3.88. The van der Waals surface area contributed by atoms with E-state index in [1.807, 2.05) is 6.92 Å². The lowest BCUT2D eigenvalue weighted by Gasteiger charge is -2.12. The maximum atomic E-state index is 12.2. The van der Waals surface area contributed by atoms with Gasteiger partial charge in [-0.3, -0.25) is 9.59 Å². The first kappa shape index (κ1) is 23.4. The van der Waals surface area contributed by atoms with Crippen molar-refractivity contribution in [3.05, 3.63) is 53.6 Å². The molecule has 2 amide bonds. The number of amides is 2. The predicted molar refractivity (Wildman–Crippen MR) is 116 cm³/mol. The van der Waals surface area contributed by atoms with Gasteiger partial charge < -0.3 is 19.5 Å². The second kappa shape index (κ2) is 12.0. The molecule has 164 valence electrons. The number of hydrogen-bond acceptors (Lipinski definition) is 7. The second-order valence-electron chi connectivity index (χ2n) is 6.19. The Bertz CT molecular complexity index is 941. The van der Waals surface area contributed by atoms with Crippen LogP contribution < -0.4 is 20.2 Å². The SMILES string of the molecule is CCOC(=O)COc1ccc(/C=N\NC(=O)c2ccc(NC(C)=O)cc2)cc1OCC. The first-order valence-corrected chi connectivity index (χ1v) is 9.69. The van der Waals surface area contributed by atoms with Gasteiger partial charge in [-0.2, -0.15) is 5.10 Å². The number of rotatable bonds is 10. The van der Waals surface area contributed by atoms with E-state index in [1.165, 1.54) is 13.1 Å². The lowest BCUT2D eigenvalue weighted by Crippen LogP contribution is -2.17. The van der Waals surface area contributed by atoms with Crippen LogP contribution in [0.15, 0.2) is 47.6 Å². The zero-order chi connectivity index (χ0) is 22.6. The topological polar surface area (TPSA) is 115 Å². The molecule has 0 saturated carbocycles. The molecule has 0 fully saturated rings. The lowest BCUT2D eigenvalue weighted by molar-refractivity contribution is -0.145. The number of esters is 1. The van der Waals surface area contributed by atoms with E-state index < -0.39 is 11.9 Å². The smallest absolute Gasteiger partial charge is 0.344 e. The molecule has 0 aliphatic rings. The van der Waals surface area contributed by atoms with E-state index in [1.54, 1.807) is 49.4 Å². The van der Waals surface area contributed by atoms with Crippen molar-refractivity contribution in [2.75, 3.05) is 25.1 Å².